The van der Waals surface area contributed by atoms with Gasteiger partial charge >= 0.3 is 0 Å². The van der Waals surface area contributed by atoms with E-state index in [0.717, 1.165) is 78.9 Å². The third-order valence-corrected chi connectivity index (χ3v) is 17.5. The highest BCUT2D eigenvalue weighted by molar-refractivity contribution is 5.78. The molecule has 0 saturated carbocycles. The Morgan fingerprint density at radius 1 is 0.353 bits per heavy atom. The van der Waals surface area contributed by atoms with Crippen LogP contribution < -0.4 is 18.9 Å². The van der Waals surface area contributed by atoms with Gasteiger partial charge in [0.05, 0.1) is 23.9 Å². The lowest BCUT2D eigenvalue weighted by Gasteiger charge is -2.44. The van der Waals surface area contributed by atoms with Crippen molar-refractivity contribution in [1.29, 1.82) is 0 Å². The number of fused-ring (bicyclic) bond motifs is 18. The second kappa shape index (κ2) is 17.2. The van der Waals surface area contributed by atoms with E-state index in [1.165, 1.54) is 6.07 Å². The molecule has 11 atom stereocenters. The highest BCUT2D eigenvalue weighted by Gasteiger charge is 2.66. The van der Waals surface area contributed by atoms with Gasteiger partial charge in [0.15, 0.2) is 80.6 Å². The van der Waals surface area contributed by atoms with Crippen LogP contribution in [0.4, 0.5) is 0 Å². The fourth-order valence-corrected chi connectivity index (χ4v) is 13.9. The first-order chi connectivity index (χ1) is 40.3. The molecule has 0 fully saturated rings. The van der Waals surface area contributed by atoms with Crippen LogP contribution >= 0.6 is 0 Å². The standard InChI is InChI=1S/C60H46O25/c61-20-10-27(65)41-38(11-20)84-59(18-6-33(71)49(77)34(72)7-18)23-14-28(66)42-45(51(79)53(17-4-31(69)48(76)32(70)5-17)83-55(42)40(23)46(41)57(59)80)43-29(67)15-30(68)44-47-39-22(60(58(47)81,85-56(43)44)19-8-35(73)50(78)36(74)9-19)13-25(63)21-12-37(75)52(82-54(21)39)16-1-2-24(62)26(64)3-16/h1-11,13-15,37,45-47,51-53,57-58,61-81H,12H2/t37-,45-,46+,47+,51-,52+,53+,57-,58-,59+,60+/m0/s1. The topological polar surface area (TPSA) is 462 Å². The van der Waals surface area contributed by atoms with E-state index in [-0.39, 0.29) is 73.6 Å². The second-order valence-corrected chi connectivity index (χ2v) is 21.9. The Hall–Kier alpha value is -10.6. The van der Waals surface area contributed by atoms with Gasteiger partial charge in [-0.05, 0) is 66.2 Å². The van der Waals surface area contributed by atoms with Crippen LogP contribution in [0, 0.1) is 0 Å². The lowest BCUT2D eigenvalue weighted by Crippen LogP contribution is -2.47. The first-order valence-corrected chi connectivity index (χ1v) is 25.9. The maximum Gasteiger partial charge on any atom is 0.200 e. The zero-order valence-electron chi connectivity index (χ0n) is 43.0. The molecule has 25 nitrogen and oxygen atoms in total. The molecule has 6 aliphatic rings. The Kier molecular flexibility index (Phi) is 10.6. The average molecular weight is 1170 g/mol. The molecule has 85 heavy (non-hydrogen) atoms. The summed E-state index contributed by atoms with van der Waals surface area (Å²) in [4.78, 5) is 0. The molecule has 0 aromatic heterocycles. The molecule has 21 N–H and O–H groups in total. The van der Waals surface area contributed by atoms with Gasteiger partial charge in [0.2, 0.25) is 0 Å². The number of aromatic hydroxyl groups is 17. The number of hydrogen-bond acceptors (Lipinski definition) is 25. The predicted octanol–water partition coefficient (Wildman–Crippen LogP) is 4.63. The molecule has 0 saturated heterocycles. The summed E-state index contributed by atoms with van der Waals surface area (Å²) >= 11 is 0. The molecule has 2 aliphatic carbocycles. The first-order valence-electron chi connectivity index (χ1n) is 25.9. The highest BCUT2D eigenvalue weighted by Crippen LogP contribution is 2.71. The molecular weight excluding hydrogens is 1120 g/mol. The maximum absolute atomic E-state index is 13.2. The van der Waals surface area contributed by atoms with Crippen molar-refractivity contribution in [2.75, 3.05) is 0 Å². The van der Waals surface area contributed by atoms with Gasteiger partial charge in [-0.15, -0.1) is 0 Å². The van der Waals surface area contributed by atoms with E-state index in [2.05, 4.69) is 0 Å². The van der Waals surface area contributed by atoms with Gasteiger partial charge in [-0.2, -0.15) is 0 Å². The van der Waals surface area contributed by atoms with Crippen molar-refractivity contribution in [3.8, 4) is 121 Å². The zero-order valence-corrected chi connectivity index (χ0v) is 43.0. The Morgan fingerprint density at radius 3 is 1.39 bits per heavy atom. The Labute approximate surface area is 474 Å². The largest absolute Gasteiger partial charge is 0.508 e. The van der Waals surface area contributed by atoms with Crippen molar-refractivity contribution >= 4 is 0 Å². The van der Waals surface area contributed by atoms with Gasteiger partial charge in [-0.25, -0.2) is 0 Å². The van der Waals surface area contributed by atoms with Crippen molar-refractivity contribution in [3.63, 3.8) is 0 Å². The molecule has 25 heteroatoms. The SMILES string of the molecule is Oc1cc(O)c2c(c1)O[C@]1(c3cc(O)c(O)c(O)c3)c3cc(O)c4c(c3[C@H]2[C@@H]1O)O[C@H](c1cc(O)c(O)c(O)c1)[C@@H](O)[C@@H]4c1c(O)cc(O)c2c1O[C@]1(c3cc(O)c(O)c(O)c3)c3cc(O)c4c(c3[C@H]2[C@@H]1O)O[C@H](c1ccc(O)c(O)c1)[C@@H](O)C4. The van der Waals surface area contributed by atoms with Crippen molar-refractivity contribution in [2.24, 2.45) is 0 Å². The van der Waals surface area contributed by atoms with E-state index >= 15 is 0 Å². The summed E-state index contributed by atoms with van der Waals surface area (Å²) in [6.45, 7) is 0. The first kappa shape index (κ1) is 52.5. The quantitative estimate of drug-likeness (QED) is 0.104. The van der Waals surface area contributed by atoms with Gasteiger partial charge in [-0.1, -0.05) is 6.07 Å². The van der Waals surface area contributed by atoms with Gasteiger partial charge in [0, 0.05) is 91.4 Å². The minimum absolute atomic E-state index is 0.0673. The van der Waals surface area contributed by atoms with Crippen LogP contribution in [-0.4, -0.2) is 132 Å². The maximum atomic E-state index is 13.2. The van der Waals surface area contributed by atoms with E-state index in [9.17, 15) is 107 Å². The summed E-state index contributed by atoms with van der Waals surface area (Å²) in [6, 6.07) is 13.8. The van der Waals surface area contributed by atoms with Gasteiger partial charge in [-0.3, -0.25) is 0 Å². The van der Waals surface area contributed by atoms with Crippen molar-refractivity contribution < 1.29 is 126 Å². The molecule has 4 bridgehead atoms. The third-order valence-electron chi connectivity index (χ3n) is 17.5. The number of benzene rings is 8. The number of ether oxygens (including phenoxy) is 4. The summed E-state index contributed by atoms with van der Waals surface area (Å²) in [5.41, 5.74) is -8.47. The van der Waals surface area contributed by atoms with Gasteiger partial charge < -0.3 is 126 Å². The molecule has 0 spiro atoms. The third kappa shape index (κ3) is 6.70. The zero-order chi connectivity index (χ0) is 60.3. The predicted molar refractivity (Wildman–Crippen MR) is 283 cm³/mol. The van der Waals surface area contributed by atoms with Gasteiger partial charge in [0.25, 0.3) is 0 Å². The van der Waals surface area contributed by atoms with Crippen LogP contribution in [0.25, 0.3) is 0 Å². The van der Waals surface area contributed by atoms with E-state index in [4.69, 9.17) is 18.9 Å². The van der Waals surface area contributed by atoms with E-state index < -0.39 is 192 Å². The molecular formula is C60H46O25. The molecule has 14 rings (SSSR count). The summed E-state index contributed by atoms with van der Waals surface area (Å²) in [6.07, 6.45) is -11.5. The summed E-state index contributed by atoms with van der Waals surface area (Å²) in [5, 5.41) is 241. The van der Waals surface area contributed by atoms with Crippen LogP contribution in [0.5, 0.6) is 121 Å². The Bertz CT molecular complexity index is 4240. The van der Waals surface area contributed by atoms with E-state index in [1.54, 1.807) is 0 Å². The van der Waals surface area contributed by atoms with Crippen LogP contribution in [-0.2, 0) is 17.6 Å². The molecule has 4 heterocycles. The Balaban J connectivity index is 1.07. The van der Waals surface area contributed by atoms with Crippen LogP contribution in [0.2, 0.25) is 0 Å². The molecule has 0 radical (unpaired) electrons. The smallest absolute Gasteiger partial charge is 0.200 e. The number of aliphatic hydroxyl groups is 4. The number of phenols is 17. The number of aliphatic hydroxyl groups excluding tert-OH is 4. The minimum Gasteiger partial charge on any atom is -0.508 e. The summed E-state index contributed by atoms with van der Waals surface area (Å²) in [7, 11) is 0. The lowest BCUT2D eigenvalue weighted by atomic mass is 9.73. The molecule has 8 aromatic carbocycles. The molecule has 436 valence electrons. The second-order valence-electron chi connectivity index (χ2n) is 21.9. The van der Waals surface area contributed by atoms with Crippen molar-refractivity contribution in [1.82, 2.24) is 0 Å². The fraction of sp³-hybridized carbons (Fsp3) is 0.200. The monoisotopic (exact) mass is 1170 g/mol. The lowest BCUT2D eigenvalue weighted by molar-refractivity contribution is -0.0411. The van der Waals surface area contributed by atoms with Crippen LogP contribution in [0.15, 0.2) is 84.9 Å². The number of rotatable bonds is 5. The van der Waals surface area contributed by atoms with Crippen LogP contribution in [0.1, 0.15) is 102 Å². The van der Waals surface area contributed by atoms with Crippen molar-refractivity contribution in [2.45, 2.75) is 72.0 Å². The summed E-state index contributed by atoms with van der Waals surface area (Å²) in [5.74, 6) is -21.4. The molecule has 4 aliphatic heterocycles. The highest BCUT2D eigenvalue weighted by atomic mass is 16.5. The van der Waals surface area contributed by atoms with E-state index in [1.807, 2.05) is 0 Å². The minimum atomic E-state index is -2.59. The van der Waals surface area contributed by atoms with Crippen LogP contribution in [0.3, 0.4) is 0 Å². The Morgan fingerprint density at radius 2 is 0.812 bits per heavy atom. The van der Waals surface area contributed by atoms with Crippen molar-refractivity contribution in [3.05, 3.63) is 157 Å². The fourth-order valence-electron chi connectivity index (χ4n) is 13.9. The molecule has 0 unspecified atom stereocenters. The van der Waals surface area contributed by atoms with E-state index in [0.29, 0.717) is 0 Å². The molecule has 8 aromatic rings. The normalized spacial score (nSPS) is 26.0. The number of hydrogen-bond donors (Lipinski definition) is 21. The number of phenolic OH excluding ortho intramolecular Hbond substituents is 17. The average Bonchev–Trinajstić information content (AvgIpc) is 1.55. The molecule has 0 amide bonds. The van der Waals surface area contributed by atoms with Gasteiger partial charge in [0.1, 0.15) is 81.9 Å². The summed E-state index contributed by atoms with van der Waals surface area (Å²) < 4.78 is 26.8.